The van der Waals surface area contributed by atoms with E-state index in [1.807, 2.05) is 48.5 Å². The SMILES string of the molecule is [O-][n+]1cccc2cc(OCc3ccccc3)ccc21. The summed E-state index contributed by atoms with van der Waals surface area (Å²) in [6.07, 6.45) is 1.49. The highest BCUT2D eigenvalue weighted by Gasteiger charge is 2.04. The molecule has 3 heteroatoms. The summed E-state index contributed by atoms with van der Waals surface area (Å²) in [6, 6.07) is 19.1. The fourth-order valence-electron chi connectivity index (χ4n) is 2.00. The maximum atomic E-state index is 11.5. The van der Waals surface area contributed by atoms with Crippen LogP contribution < -0.4 is 9.47 Å². The molecule has 0 bridgehead atoms. The van der Waals surface area contributed by atoms with Crippen LogP contribution in [0.5, 0.6) is 5.75 Å². The van der Waals surface area contributed by atoms with Crippen molar-refractivity contribution in [3.05, 3.63) is 77.6 Å². The molecule has 3 rings (SSSR count). The highest BCUT2D eigenvalue weighted by molar-refractivity contribution is 5.77. The summed E-state index contributed by atoms with van der Waals surface area (Å²) >= 11 is 0. The van der Waals surface area contributed by atoms with Crippen LogP contribution in [-0.4, -0.2) is 0 Å². The first kappa shape index (κ1) is 11.5. The van der Waals surface area contributed by atoms with Crippen LogP contribution in [0.2, 0.25) is 0 Å². The van der Waals surface area contributed by atoms with E-state index in [4.69, 9.17) is 4.74 Å². The van der Waals surface area contributed by atoms with Crippen LogP contribution in [0.3, 0.4) is 0 Å². The Morgan fingerprint density at radius 1 is 0.947 bits per heavy atom. The van der Waals surface area contributed by atoms with Gasteiger partial charge in [-0.25, -0.2) is 0 Å². The lowest BCUT2D eigenvalue weighted by Gasteiger charge is -2.07. The maximum absolute atomic E-state index is 11.5. The molecule has 1 heterocycles. The van der Waals surface area contributed by atoms with Crippen LogP contribution in [0.25, 0.3) is 10.9 Å². The topological polar surface area (TPSA) is 36.2 Å². The zero-order valence-electron chi connectivity index (χ0n) is 10.3. The third kappa shape index (κ3) is 2.50. The van der Waals surface area contributed by atoms with Crippen LogP contribution in [0, 0.1) is 5.21 Å². The van der Waals surface area contributed by atoms with Crippen molar-refractivity contribution in [2.45, 2.75) is 6.61 Å². The van der Waals surface area contributed by atoms with Gasteiger partial charge in [0, 0.05) is 12.1 Å². The summed E-state index contributed by atoms with van der Waals surface area (Å²) in [5.74, 6) is 0.766. The van der Waals surface area contributed by atoms with E-state index < -0.39 is 0 Å². The predicted molar refractivity (Wildman–Crippen MR) is 73.7 cm³/mol. The summed E-state index contributed by atoms with van der Waals surface area (Å²) < 4.78 is 6.59. The first-order chi connectivity index (χ1) is 9.33. The fraction of sp³-hybridized carbons (Fsp3) is 0.0625. The Balaban J connectivity index is 1.82. The molecule has 0 fully saturated rings. The average molecular weight is 251 g/mol. The minimum atomic E-state index is 0.524. The van der Waals surface area contributed by atoms with E-state index in [0.717, 1.165) is 21.4 Å². The number of hydrogen-bond donors (Lipinski definition) is 0. The van der Waals surface area contributed by atoms with Crippen LogP contribution in [-0.2, 0) is 6.61 Å². The number of ether oxygens (including phenoxy) is 1. The number of fused-ring (bicyclic) bond motifs is 1. The summed E-state index contributed by atoms with van der Waals surface area (Å²) in [4.78, 5) is 0. The molecule has 0 amide bonds. The lowest BCUT2D eigenvalue weighted by Crippen LogP contribution is -2.25. The number of nitrogens with zero attached hydrogens (tertiary/aromatic N) is 1. The molecular formula is C16H13NO2. The van der Waals surface area contributed by atoms with Crippen molar-refractivity contribution in [1.29, 1.82) is 0 Å². The van der Waals surface area contributed by atoms with Gasteiger partial charge in [0.25, 0.3) is 0 Å². The Morgan fingerprint density at radius 2 is 1.79 bits per heavy atom. The van der Waals surface area contributed by atoms with Crippen molar-refractivity contribution in [3.63, 3.8) is 0 Å². The smallest absolute Gasteiger partial charge is 0.223 e. The Bertz CT molecular complexity index is 695. The molecule has 1 aromatic heterocycles. The molecule has 0 aliphatic rings. The van der Waals surface area contributed by atoms with Gasteiger partial charge in [0.05, 0.1) is 5.39 Å². The van der Waals surface area contributed by atoms with Crippen molar-refractivity contribution >= 4 is 10.9 Å². The van der Waals surface area contributed by atoms with Gasteiger partial charge >= 0.3 is 0 Å². The second-order valence-corrected chi connectivity index (χ2v) is 4.33. The molecule has 19 heavy (non-hydrogen) atoms. The molecule has 0 spiro atoms. The molecule has 3 aromatic rings. The second-order valence-electron chi connectivity index (χ2n) is 4.33. The quantitative estimate of drug-likeness (QED) is 0.530. The van der Waals surface area contributed by atoms with Gasteiger partial charge in [-0.2, -0.15) is 4.73 Å². The average Bonchev–Trinajstić information content (AvgIpc) is 2.46. The van der Waals surface area contributed by atoms with Crippen molar-refractivity contribution in [1.82, 2.24) is 0 Å². The summed E-state index contributed by atoms with van der Waals surface area (Å²) in [6.45, 7) is 0.524. The van der Waals surface area contributed by atoms with Gasteiger partial charge in [-0.1, -0.05) is 30.3 Å². The van der Waals surface area contributed by atoms with Gasteiger partial charge < -0.3 is 9.94 Å². The first-order valence-corrected chi connectivity index (χ1v) is 6.11. The molecule has 0 unspecified atom stereocenters. The lowest BCUT2D eigenvalue weighted by atomic mass is 10.2. The van der Waals surface area contributed by atoms with Crippen molar-refractivity contribution in [3.8, 4) is 5.75 Å². The Kier molecular flexibility index (Phi) is 3.02. The zero-order chi connectivity index (χ0) is 13.1. The summed E-state index contributed by atoms with van der Waals surface area (Å²) in [5.41, 5.74) is 1.77. The fourth-order valence-corrected chi connectivity index (χ4v) is 2.00. The van der Waals surface area contributed by atoms with E-state index in [1.165, 1.54) is 6.20 Å². The van der Waals surface area contributed by atoms with Gasteiger partial charge in [0.2, 0.25) is 5.52 Å². The predicted octanol–water partition coefficient (Wildman–Crippen LogP) is 3.05. The molecule has 0 saturated carbocycles. The number of aromatic nitrogens is 1. The van der Waals surface area contributed by atoms with Gasteiger partial charge in [0.1, 0.15) is 12.4 Å². The molecule has 0 aliphatic heterocycles. The molecule has 0 radical (unpaired) electrons. The van der Waals surface area contributed by atoms with Gasteiger partial charge in [-0.05, 0) is 23.8 Å². The Labute approximate surface area is 111 Å². The van der Waals surface area contributed by atoms with E-state index in [2.05, 4.69) is 0 Å². The highest BCUT2D eigenvalue weighted by Crippen LogP contribution is 2.19. The molecule has 94 valence electrons. The maximum Gasteiger partial charge on any atom is 0.223 e. The Hall–Kier alpha value is -2.55. The van der Waals surface area contributed by atoms with Crippen LogP contribution in [0.1, 0.15) is 5.56 Å². The molecule has 3 nitrogen and oxygen atoms in total. The standard InChI is InChI=1S/C16H13NO2/c18-17-10-4-7-14-11-15(8-9-16(14)17)19-12-13-5-2-1-3-6-13/h1-11H,12H2. The van der Waals surface area contributed by atoms with E-state index in [9.17, 15) is 5.21 Å². The van der Waals surface area contributed by atoms with Gasteiger partial charge in [-0.3, -0.25) is 0 Å². The van der Waals surface area contributed by atoms with E-state index in [0.29, 0.717) is 12.1 Å². The zero-order valence-corrected chi connectivity index (χ0v) is 10.3. The molecule has 0 atom stereocenters. The first-order valence-electron chi connectivity index (χ1n) is 6.11. The number of benzene rings is 2. The van der Waals surface area contributed by atoms with E-state index in [1.54, 1.807) is 12.1 Å². The van der Waals surface area contributed by atoms with E-state index >= 15 is 0 Å². The van der Waals surface area contributed by atoms with Crippen molar-refractivity contribution in [2.24, 2.45) is 0 Å². The lowest BCUT2D eigenvalue weighted by molar-refractivity contribution is -0.577. The number of rotatable bonds is 3. The minimum absolute atomic E-state index is 0.524. The summed E-state index contributed by atoms with van der Waals surface area (Å²) in [7, 11) is 0. The van der Waals surface area contributed by atoms with Crippen LogP contribution in [0.15, 0.2) is 66.9 Å². The molecule has 0 N–H and O–H groups in total. The minimum Gasteiger partial charge on any atom is -0.618 e. The highest BCUT2D eigenvalue weighted by atomic mass is 16.5. The second kappa shape index (κ2) is 4.98. The molecule has 0 aliphatic carbocycles. The number of hydrogen-bond acceptors (Lipinski definition) is 2. The third-order valence-electron chi connectivity index (χ3n) is 2.98. The van der Waals surface area contributed by atoms with Crippen molar-refractivity contribution in [2.75, 3.05) is 0 Å². The molecule has 2 aromatic carbocycles. The van der Waals surface area contributed by atoms with E-state index in [-0.39, 0.29) is 0 Å². The Morgan fingerprint density at radius 3 is 2.63 bits per heavy atom. The normalized spacial score (nSPS) is 10.5. The molecule has 0 saturated heterocycles. The van der Waals surface area contributed by atoms with Gasteiger partial charge in [0.15, 0.2) is 6.20 Å². The van der Waals surface area contributed by atoms with Crippen molar-refractivity contribution < 1.29 is 9.47 Å². The summed E-state index contributed by atoms with van der Waals surface area (Å²) in [5, 5.41) is 12.4. The number of pyridine rings is 1. The largest absolute Gasteiger partial charge is 0.618 e. The van der Waals surface area contributed by atoms with Crippen LogP contribution >= 0.6 is 0 Å². The van der Waals surface area contributed by atoms with Crippen LogP contribution in [0.4, 0.5) is 0 Å². The third-order valence-corrected chi connectivity index (χ3v) is 2.98. The monoisotopic (exact) mass is 251 g/mol. The van der Waals surface area contributed by atoms with Gasteiger partial charge in [-0.15, -0.1) is 0 Å². The molecular weight excluding hydrogens is 238 g/mol.